The van der Waals surface area contributed by atoms with Gasteiger partial charge in [0.15, 0.2) is 23.9 Å². The minimum absolute atomic E-state index is 0.0172. The Bertz CT molecular complexity index is 845. The lowest BCUT2D eigenvalue weighted by Crippen LogP contribution is -2.34. The molecule has 0 aliphatic carbocycles. The van der Waals surface area contributed by atoms with Crippen molar-refractivity contribution in [1.82, 2.24) is 0 Å². The van der Waals surface area contributed by atoms with Crippen LogP contribution < -0.4 is 8.91 Å². The number of rotatable bonds is 5. The molecular weight excluding hydrogens is 322 g/mol. The molecule has 1 N–H and O–H groups in total. The lowest BCUT2D eigenvalue weighted by Gasteiger charge is -2.23. The third-order valence-corrected chi connectivity index (χ3v) is 3.78. The molecule has 0 bridgehead atoms. The van der Waals surface area contributed by atoms with E-state index in [-0.39, 0.29) is 11.3 Å². The van der Waals surface area contributed by atoms with Gasteiger partial charge in [-0.25, -0.2) is 0 Å². The molecule has 0 radical (unpaired) electrons. The maximum atomic E-state index is 12.8. The zero-order valence-electron chi connectivity index (χ0n) is 12.5. The van der Waals surface area contributed by atoms with Crippen LogP contribution in [0.15, 0.2) is 48.8 Å². The first kappa shape index (κ1) is 16.9. The third-order valence-electron chi connectivity index (χ3n) is 3.39. The first-order valence-electron chi connectivity index (χ1n) is 6.61. The van der Waals surface area contributed by atoms with E-state index < -0.39 is 21.6 Å². The number of carbonyl (C=O) groups is 1. The van der Waals surface area contributed by atoms with Crippen LogP contribution in [0, 0.1) is 5.21 Å². The fourth-order valence-electron chi connectivity index (χ4n) is 2.13. The monoisotopic (exact) mass is 337 g/mol. The molecule has 0 amide bonds. The molecule has 0 atom stereocenters. The summed E-state index contributed by atoms with van der Waals surface area (Å²) >= 11 is 0. The Hall–Kier alpha value is -2.45. The molecule has 0 fully saturated rings. The molecular formula is C15H15NO6S. The smallest absolute Gasteiger partial charge is 0.446 e. The fraction of sp³-hybridized carbons (Fsp3) is 0.200. The van der Waals surface area contributed by atoms with Crippen molar-refractivity contribution < 1.29 is 26.7 Å². The Kier molecular flexibility index (Phi) is 4.39. The number of nitrogens with zero attached hydrogens (tertiary/aromatic N) is 1. The Labute approximate surface area is 133 Å². The van der Waals surface area contributed by atoms with Gasteiger partial charge in [-0.1, -0.05) is 12.1 Å². The van der Waals surface area contributed by atoms with Gasteiger partial charge in [0.1, 0.15) is 0 Å². The summed E-state index contributed by atoms with van der Waals surface area (Å²) < 4.78 is 35.7. The number of hydrogen-bond donors (Lipinski definition) is 1. The highest BCUT2D eigenvalue weighted by atomic mass is 32.3. The molecule has 0 aliphatic heterocycles. The second-order valence-electron chi connectivity index (χ2n) is 5.41. The predicted octanol–water partition coefficient (Wildman–Crippen LogP) is 1.66. The average Bonchev–Trinajstić information content (AvgIpc) is 2.45. The van der Waals surface area contributed by atoms with Crippen LogP contribution in [0.1, 0.15) is 29.8 Å². The molecule has 1 aromatic carbocycles. The molecule has 2 aromatic rings. The lowest BCUT2D eigenvalue weighted by molar-refractivity contribution is -0.606. The average molecular weight is 337 g/mol. The van der Waals surface area contributed by atoms with Gasteiger partial charge in [0, 0.05) is 11.6 Å². The van der Waals surface area contributed by atoms with Gasteiger partial charge >= 0.3 is 10.4 Å². The minimum Gasteiger partial charge on any atom is -0.619 e. The summed E-state index contributed by atoms with van der Waals surface area (Å²) in [6.45, 7) is 3.21. The van der Waals surface area contributed by atoms with Crippen LogP contribution in [-0.2, 0) is 15.8 Å². The summed E-state index contributed by atoms with van der Waals surface area (Å²) in [5.41, 5.74) is -0.662. The maximum absolute atomic E-state index is 12.8. The van der Waals surface area contributed by atoms with E-state index in [1.165, 1.54) is 36.7 Å². The molecule has 122 valence electrons. The molecule has 0 spiro atoms. The zero-order chi connectivity index (χ0) is 17.3. The SMILES string of the molecule is CC(C)(C(=O)c1ccccc1OS(=O)(=O)O)c1ccc[n+]([O-])c1. The molecule has 7 nitrogen and oxygen atoms in total. The molecule has 0 saturated heterocycles. The molecule has 2 rings (SSSR count). The highest BCUT2D eigenvalue weighted by molar-refractivity contribution is 7.81. The number of para-hydroxylation sites is 1. The van der Waals surface area contributed by atoms with E-state index in [2.05, 4.69) is 4.18 Å². The van der Waals surface area contributed by atoms with Crippen LogP contribution in [-0.4, -0.2) is 18.8 Å². The van der Waals surface area contributed by atoms with Gasteiger partial charge in [-0.05, 0) is 32.0 Å². The van der Waals surface area contributed by atoms with Crippen molar-refractivity contribution in [3.63, 3.8) is 0 Å². The third kappa shape index (κ3) is 3.85. The van der Waals surface area contributed by atoms with Crippen LogP contribution in [0.25, 0.3) is 0 Å². The van der Waals surface area contributed by atoms with E-state index in [1.807, 2.05) is 0 Å². The summed E-state index contributed by atoms with van der Waals surface area (Å²) in [6, 6.07) is 8.79. The largest absolute Gasteiger partial charge is 0.619 e. The highest BCUT2D eigenvalue weighted by Crippen LogP contribution is 2.31. The molecule has 8 heteroatoms. The topological polar surface area (TPSA) is 108 Å². The number of aromatic nitrogens is 1. The van der Waals surface area contributed by atoms with Crippen molar-refractivity contribution >= 4 is 16.2 Å². The second-order valence-corrected chi connectivity index (χ2v) is 6.44. The van der Waals surface area contributed by atoms with Crippen molar-refractivity contribution in [2.75, 3.05) is 0 Å². The first-order chi connectivity index (χ1) is 10.6. The van der Waals surface area contributed by atoms with Crippen LogP contribution in [0.2, 0.25) is 0 Å². The minimum atomic E-state index is -4.76. The van der Waals surface area contributed by atoms with Crippen molar-refractivity contribution in [2.24, 2.45) is 0 Å². The van der Waals surface area contributed by atoms with Crippen molar-refractivity contribution in [3.05, 3.63) is 65.1 Å². The number of pyridine rings is 1. The first-order valence-corrected chi connectivity index (χ1v) is 7.98. The van der Waals surface area contributed by atoms with E-state index in [4.69, 9.17) is 4.55 Å². The molecule has 1 aromatic heterocycles. The summed E-state index contributed by atoms with van der Waals surface area (Å²) in [5, 5.41) is 11.4. The normalized spacial score (nSPS) is 12.0. The number of ketones is 1. The van der Waals surface area contributed by atoms with E-state index >= 15 is 0 Å². The molecule has 23 heavy (non-hydrogen) atoms. The van der Waals surface area contributed by atoms with Crippen molar-refractivity contribution in [1.29, 1.82) is 0 Å². The number of hydrogen-bond acceptors (Lipinski definition) is 5. The van der Waals surface area contributed by atoms with Crippen LogP contribution in [0.5, 0.6) is 5.75 Å². The Balaban J connectivity index is 2.48. The predicted molar refractivity (Wildman–Crippen MR) is 81.4 cm³/mol. The fourth-order valence-corrected chi connectivity index (χ4v) is 2.50. The summed E-state index contributed by atoms with van der Waals surface area (Å²) in [6.07, 6.45) is 2.56. The van der Waals surface area contributed by atoms with Crippen molar-refractivity contribution in [3.8, 4) is 5.75 Å². The van der Waals surface area contributed by atoms with E-state index in [9.17, 15) is 18.4 Å². The summed E-state index contributed by atoms with van der Waals surface area (Å²) in [4.78, 5) is 12.8. The van der Waals surface area contributed by atoms with Crippen LogP contribution >= 0.6 is 0 Å². The van der Waals surface area contributed by atoms with Gasteiger partial charge in [-0.2, -0.15) is 13.1 Å². The summed E-state index contributed by atoms with van der Waals surface area (Å²) in [7, 11) is -4.76. The van der Waals surface area contributed by atoms with Gasteiger partial charge < -0.3 is 9.39 Å². The zero-order valence-corrected chi connectivity index (χ0v) is 13.3. The highest BCUT2D eigenvalue weighted by Gasteiger charge is 2.34. The standard InChI is InChI=1S/C15H15NO6S/c1-15(2,11-6-5-9-16(18)10-11)14(17)12-7-3-4-8-13(12)22-23(19,20)21/h3-10H,1-2H3,(H,19,20,21). The van der Waals surface area contributed by atoms with Crippen LogP contribution in [0.3, 0.4) is 0 Å². The quantitative estimate of drug-likeness (QED) is 0.385. The molecule has 0 aliphatic rings. The van der Waals surface area contributed by atoms with E-state index in [0.717, 1.165) is 0 Å². The number of benzene rings is 1. The molecule has 0 saturated carbocycles. The number of carbonyl (C=O) groups excluding carboxylic acids is 1. The summed E-state index contributed by atoms with van der Waals surface area (Å²) in [5.74, 6) is -0.734. The molecule has 1 heterocycles. The molecule has 0 unspecified atom stereocenters. The van der Waals surface area contributed by atoms with Gasteiger partial charge in [-0.3, -0.25) is 9.35 Å². The number of Topliss-reactive ketones (excluding diaryl/α,β-unsaturated/α-hetero) is 1. The van der Waals surface area contributed by atoms with Gasteiger partial charge in [0.05, 0.1) is 11.0 Å². The van der Waals surface area contributed by atoms with Crippen LogP contribution in [0.4, 0.5) is 0 Å². The Morgan fingerprint density at radius 2 is 1.87 bits per heavy atom. The van der Waals surface area contributed by atoms with Gasteiger partial charge in [0.2, 0.25) is 0 Å². The van der Waals surface area contributed by atoms with Crippen molar-refractivity contribution in [2.45, 2.75) is 19.3 Å². The Morgan fingerprint density at radius 1 is 1.22 bits per heavy atom. The van der Waals surface area contributed by atoms with Gasteiger partial charge in [0.25, 0.3) is 0 Å². The maximum Gasteiger partial charge on any atom is 0.446 e. The second kappa shape index (κ2) is 5.98. The Morgan fingerprint density at radius 3 is 2.48 bits per heavy atom. The van der Waals surface area contributed by atoms with Gasteiger partial charge in [-0.15, -0.1) is 0 Å². The lowest BCUT2D eigenvalue weighted by atomic mass is 9.78. The van der Waals surface area contributed by atoms with E-state index in [0.29, 0.717) is 10.3 Å². The van der Waals surface area contributed by atoms with E-state index in [1.54, 1.807) is 26.0 Å².